The van der Waals surface area contributed by atoms with E-state index in [1.54, 1.807) is 12.1 Å². The van der Waals surface area contributed by atoms with E-state index in [0.717, 1.165) is 10.8 Å². The first-order chi connectivity index (χ1) is 9.65. The highest BCUT2D eigenvalue weighted by Gasteiger charge is 2.13. The van der Waals surface area contributed by atoms with Gasteiger partial charge in [0.15, 0.2) is 5.78 Å². The van der Waals surface area contributed by atoms with E-state index in [2.05, 4.69) is 15.9 Å². The average molecular weight is 329 g/mol. The second-order valence-electron chi connectivity index (χ2n) is 4.52. The molecule has 0 aliphatic carbocycles. The third-order valence-electron chi connectivity index (χ3n) is 3.18. The average Bonchev–Trinajstić information content (AvgIpc) is 2.48. The van der Waals surface area contributed by atoms with Crippen LogP contribution < -0.4 is 0 Å². The Labute approximate surface area is 124 Å². The standard InChI is InChI=1S/C17H10BrFO/c18-16-8-7-14(19)10-15(16)17(20)13-6-5-11-3-1-2-4-12(11)9-13/h1-10H. The Bertz CT molecular complexity index is 811. The van der Waals surface area contributed by atoms with Gasteiger partial charge in [-0.2, -0.15) is 0 Å². The third-order valence-corrected chi connectivity index (χ3v) is 3.88. The summed E-state index contributed by atoms with van der Waals surface area (Å²) in [6.45, 7) is 0. The second kappa shape index (κ2) is 5.17. The highest BCUT2D eigenvalue weighted by molar-refractivity contribution is 9.10. The van der Waals surface area contributed by atoms with Crippen LogP contribution in [-0.2, 0) is 0 Å². The molecule has 0 amide bonds. The Balaban J connectivity index is 2.10. The zero-order valence-electron chi connectivity index (χ0n) is 10.4. The van der Waals surface area contributed by atoms with E-state index in [-0.39, 0.29) is 5.78 Å². The van der Waals surface area contributed by atoms with Crippen molar-refractivity contribution in [1.29, 1.82) is 0 Å². The van der Waals surface area contributed by atoms with Crippen LogP contribution >= 0.6 is 15.9 Å². The summed E-state index contributed by atoms with van der Waals surface area (Å²) in [5.41, 5.74) is 0.885. The molecule has 1 nitrogen and oxygen atoms in total. The third kappa shape index (κ3) is 2.37. The van der Waals surface area contributed by atoms with Crippen molar-refractivity contribution in [3.05, 3.63) is 82.1 Å². The fraction of sp³-hybridized carbons (Fsp3) is 0. The van der Waals surface area contributed by atoms with Crippen LogP contribution in [-0.4, -0.2) is 5.78 Å². The quantitative estimate of drug-likeness (QED) is 0.607. The Morgan fingerprint density at radius 2 is 1.65 bits per heavy atom. The number of halogens is 2. The molecule has 0 aliphatic heterocycles. The molecular weight excluding hydrogens is 319 g/mol. The van der Waals surface area contributed by atoms with E-state index >= 15 is 0 Å². The first-order valence-electron chi connectivity index (χ1n) is 6.14. The van der Waals surface area contributed by atoms with Crippen molar-refractivity contribution in [3.63, 3.8) is 0 Å². The molecule has 3 aromatic carbocycles. The SMILES string of the molecule is O=C(c1ccc2ccccc2c1)c1cc(F)ccc1Br. The highest BCUT2D eigenvalue weighted by atomic mass is 79.9. The molecule has 0 heterocycles. The number of carbonyl (C=O) groups excluding carboxylic acids is 1. The number of rotatable bonds is 2. The van der Waals surface area contributed by atoms with Gasteiger partial charge >= 0.3 is 0 Å². The molecule has 3 heteroatoms. The van der Waals surface area contributed by atoms with Gasteiger partial charge in [0.1, 0.15) is 5.82 Å². The molecule has 0 fully saturated rings. The molecule has 0 unspecified atom stereocenters. The molecule has 0 N–H and O–H groups in total. The molecule has 3 aromatic rings. The molecule has 0 aliphatic rings. The van der Waals surface area contributed by atoms with Gasteiger partial charge in [-0.05, 0) is 35.0 Å². The summed E-state index contributed by atoms with van der Waals surface area (Å²) in [6.07, 6.45) is 0. The number of carbonyl (C=O) groups is 1. The summed E-state index contributed by atoms with van der Waals surface area (Å²) < 4.78 is 13.9. The van der Waals surface area contributed by atoms with Crippen molar-refractivity contribution in [2.75, 3.05) is 0 Å². The van der Waals surface area contributed by atoms with Crippen LogP contribution in [0.2, 0.25) is 0 Å². The summed E-state index contributed by atoms with van der Waals surface area (Å²) in [5, 5.41) is 2.06. The van der Waals surface area contributed by atoms with Crippen molar-refractivity contribution in [2.24, 2.45) is 0 Å². The Morgan fingerprint density at radius 3 is 2.45 bits per heavy atom. The number of fused-ring (bicyclic) bond motifs is 1. The molecule has 0 saturated carbocycles. The van der Waals surface area contributed by atoms with Crippen LogP contribution in [0.25, 0.3) is 10.8 Å². The monoisotopic (exact) mass is 328 g/mol. The Morgan fingerprint density at radius 1 is 0.900 bits per heavy atom. The minimum Gasteiger partial charge on any atom is -0.289 e. The molecule has 3 rings (SSSR count). The first kappa shape index (κ1) is 13.0. The number of hydrogen-bond donors (Lipinski definition) is 0. The number of ketones is 1. The maximum atomic E-state index is 13.3. The Hall–Kier alpha value is -2.00. The van der Waals surface area contributed by atoms with E-state index < -0.39 is 5.82 Å². The highest BCUT2D eigenvalue weighted by Crippen LogP contribution is 2.23. The van der Waals surface area contributed by atoms with Gasteiger partial charge in [0.05, 0.1) is 0 Å². The minimum atomic E-state index is -0.419. The van der Waals surface area contributed by atoms with Gasteiger partial charge in [-0.1, -0.05) is 52.3 Å². The van der Waals surface area contributed by atoms with E-state index in [9.17, 15) is 9.18 Å². The molecular formula is C17H10BrFO. The Kier molecular flexibility index (Phi) is 3.36. The van der Waals surface area contributed by atoms with Gasteiger partial charge in [0, 0.05) is 15.6 Å². The normalized spacial score (nSPS) is 10.7. The minimum absolute atomic E-state index is 0.192. The summed E-state index contributed by atoms with van der Waals surface area (Å²) in [5.74, 6) is -0.612. The molecule has 0 saturated heterocycles. The second-order valence-corrected chi connectivity index (χ2v) is 5.37. The maximum Gasteiger partial charge on any atom is 0.194 e. The van der Waals surface area contributed by atoms with Gasteiger partial charge in [-0.3, -0.25) is 4.79 Å². The van der Waals surface area contributed by atoms with Gasteiger partial charge < -0.3 is 0 Å². The van der Waals surface area contributed by atoms with Crippen molar-refractivity contribution in [3.8, 4) is 0 Å². The van der Waals surface area contributed by atoms with Crippen LogP contribution in [0.3, 0.4) is 0 Å². The van der Waals surface area contributed by atoms with Crippen LogP contribution in [0.1, 0.15) is 15.9 Å². The topological polar surface area (TPSA) is 17.1 Å². The van der Waals surface area contributed by atoms with E-state index in [1.165, 1.54) is 12.1 Å². The molecule has 0 aromatic heterocycles. The largest absolute Gasteiger partial charge is 0.289 e. The lowest BCUT2D eigenvalue weighted by molar-refractivity contribution is 0.103. The van der Waals surface area contributed by atoms with Crippen LogP contribution in [0.4, 0.5) is 4.39 Å². The van der Waals surface area contributed by atoms with Crippen LogP contribution in [0.5, 0.6) is 0 Å². The molecule has 0 atom stereocenters. The molecule has 0 bridgehead atoms. The van der Waals surface area contributed by atoms with Crippen LogP contribution in [0, 0.1) is 5.82 Å². The predicted octanol–water partition coefficient (Wildman–Crippen LogP) is 4.97. The summed E-state index contributed by atoms with van der Waals surface area (Å²) in [6, 6.07) is 17.4. The molecule has 0 radical (unpaired) electrons. The van der Waals surface area contributed by atoms with Gasteiger partial charge in [0.25, 0.3) is 0 Å². The maximum absolute atomic E-state index is 13.3. The first-order valence-corrected chi connectivity index (χ1v) is 6.93. The number of benzene rings is 3. The zero-order chi connectivity index (χ0) is 14.1. The zero-order valence-corrected chi connectivity index (χ0v) is 12.0. The fourth-order valence-electron chi connectivity index (χ4n) is 2.16. The summed E-state index contributed by atoms with van der Waals surface area (Å²) in [7, 11) is 0. The molecule has 98 valence electrons. The van der Waals surface area contributed by atoms with Crippen molar-refractivity contribution in [1.82, 2.24) is 0 Å². The van der Waals surface area contributed by atoms with Crippen LogP contribution in [0.15, 0.2) is 65.1 Å². The van der Waals surface area contributed by atoms with Gasteiger partial charge in [0.2, 0.25) is 0 Å². The van der Waals surface area contributed by atoms with E-state index in [4.69, 9.17) is 0 Å². The lowest BCUT2D eigenvalue weighted by Gasteiger charge is -2.05. The van der Waals surface area contributed by atoms with Gasteiger partial charge in [-0.15, -0.1) is 0 Å². The summed E-state index contributed by atoms with van der Waals surface area (Å²) in [4.78, 5) is 12.5. The van der Waals surface area contributed by atoms with Crippen molar-refractivity contribution >= 4 is 32.5 Å². The smallest absolute Gasteiger partial charge is 0.194 e. The number of hydrogen-bond acceptors (Lipinski definition) is 1. The predicted molar refractivity (Wildman–Crippen MR) is 81.5 cm³/mol. The van der Waals surface area contributed by atoms with Crippen molar-refractivity contribution < 1.29 is 9.18 Å². The lowest BCUT2D eigenvalue weighted by atomic mass is 10.00. The lowest BCUT2D eigenvalue weighted by Crippen LogP contribution is -2.03. The molecule has 0 spiro atoms. The van der Waals surface area contributed by atoms with Crippen molar-refractivity contribution in [2.45, 2.75) is 0 Å². The fourth-order valence-corrected chi connectivity index (χ4v) is 2.58. The summed E-state index contributed by atoms with van der Waals surface area (Å²) >= 11 is 3.29. The van der Waals surface area contributed by atoms with E-state index in [0.29, 0.717) is 15.6 Å². The van der Waals surface area contributed by atoms with E-state index in [1.807, 2.05) is 36.4 Å². The van der Waals surface area contributed by atoms with Gasteiger partial charge in [-0.25, -0.2) is 4.39 Å². The molecule has 20 heavy (non-hydrogen) atoms.